The number of hydrogen-bond acceptors (Lipinski definition) is 4. The maximum absolute atomic E-state index is 12.5. The van der Waals surface area contributed by atoms with Crippen molar-refractivity contribution in [1.29, 1.82) is 0 Å². The molecule has 0 spiro atoms. The lowest BCUT2D eigenvalue weighted by atomic mass is 10.1. The number of pyridine rings is 1. The molecule has 0 saturated carbocycles. The highest BCUT2D eigenvalue weighted by Gasteiger charge is 2.23. The van der Waals surface area contributed by atoms with E-state index in [4.69, 9.17) is 0 Å². The number of aromatic nitrogens is 2. The second-order valence-electron chi connectivity index (χ2n) is 5.02. The van der Waals surface area contributed by atoms with Gasteiger partial charge < -0.3 is 4.90 Å². The van der Waals surface area contributed by atoms with Crippen molar-refractivity contribution in [2.75, 3.05) is 13.1 Å². The summed E-state index contributed by atoms with van der Waals surface area (Å²) in [5.41, 5.74) is 1.85. The molecular weight excluding hydrogens is 270 g/mol. The second kappa shape index (κ2) is 5.71. The third-order valence-electron chi connectivity index (χ3n) is 3.56. The summed E-state index contributed by atoms with van der Waals surface area (Å²) in [7, 11) is 0. The lowest BCUT2D eigenvalue weighted by molar-refractivity contribution is 0.0728. The Morgan fingerprint density at radius 1 is 1.20 bits per heavy atom. The predicted octanol–water partition coefficient (Wildman–Crippen LogP) is 3.14. The van der Waals surface area contributed by atoms with Crippen LogP contribution < -0.4 is 0 Å². The van der Waals surface area contributed by atoms with E-state index in [1.807, 2.05) is 24.0 Å². The third-order valence-corrected chi connectivity index (χ3v) is 4.76. The van der Waals surface area contributed by atoms with E-state index in [0.29, 0.717) is 0 Å². The first kappa shape index (κ1) is 13.2. The number of amides is 1. The zero-order valence-electron chi connectivity index (χ0n) is 11.5. The molecule has 104 valence electrons. The van der Waals surface area contributed by atoms with Gasteiger partial charge in [0.25, 0.3) is 5.91 Å². The maximum atomic E-state index is 12.5. The Morgan fingerprint density at radius 3 is 2.60 bits per heavy atom. The summed E-state index contributed by atoms with van der Waals surface area (Å²) < 4.78 is 0. The van der Waals surface area contributed by atoms with Gasteiger partial charge in [-0.05, 0) is 38.3 Å². The number of thiazole rings is 1. The summed E-state index contributed by atoms with van der Waals surface area (Å²) in [6.07, 6.45) is 6.95. The van der Waals surface area contributed by atoms with Gasteiger partial charge in [0.05, 0.1) is 5.69 Å². The van der Waals surface area contributed by atoms with Gasteiger partial charge in [0, 0.05) is 31.0 Å². The first-order valence-electron chi connectivity index (χ1n) is 6.93. The van der Waals surface area contributed by atoms with Crippen LogP contribution in [0.1, 0.15) is 34.6 Å². The molecule has 5 heteroatoms. The van der Waals surface area contributed by atoms with Crippen LogP contribution >= 0.6 is 11.3 Å². The SMILES string of the molecule is Cc1nc(-c2ccncc2)sc1C(=O)N1CCCCC1. The van der Waals surface area contributed by atoms with Gasteiger partial charge >= 0.3 is 0 Å². The van der Waals surface area contributed by atoms with E-state index in [1.165, 1.54) is 17.8 Å². The minimum absolute atomic E-state index is 0.139. The van der Waals surface area contributed by atoms with Crippen molar-refractivity contribution in [3.05, 3.63) is 35.1 Å². The zero-order valence-corrected chi connectivity index (χ0v) is 12.3. The molecular formula is C15H17N3OS. The number of carbonyl (C=O) groups excluding carboxylic acids is 1. The van der Waals surface area contributed by atoms with E-state index in [-0.39, 0.29) is 5.91 Å². The molecule has 1 fully saturated rings. The molecule has 0 atom stereocenters. The van der Waals surface area contributed by atoms with Gasteiger partial charge in [0.15, 0.2) is 0 Å². The van der Waals surface area contributed by atoms with E-state index in [9.17, 15) is 4.79 Å². The van der Waals surface area contributed by atoms with Crippen molar-refractivity contribution in [3.8, 4) is 10.6 Å². The fraction of sp³-hybridized carbons (Fsp3) is 0.400. The summed E-state index contributed by atoms with van der Waals surface area (Å²) in [5, 5.41) is 0.894. The van der Waals surface area contributed by atoms with Crippen LogP contribution in [0.4, 0.5) is 0 Å². The molecule has 2 aromatic heterocycles. The van der Waals surface area contributed by atoms with Crippen LogP contribution in [0.3, 0.4) is 0 Å². The number of nitrogens with zero attached hydrogens (tertiary/aromatic N) is 3. The fourth-order valence-corrected chi connectivity index (χ4v) is 3.49. The molecule has 0 radical (unpaired) electrons. The normalized spacial score (nSPS) is 15.3. The lowest BCUT2D eigenvalue weighted by Crippen LogP contribution is -2.35. The van der Waals surface area contributed by atoms with Gasteiger partial charge in [-0.3, -0.25) is 9.78 Å². The zero-order chi connectivity index (χ0) is 13.9. The predicted molar refractivity (Wildman–Crippen MR) is 79.8 cm³/mol. The summed E-state index contributed by atoms with van der Waals surface area (Å²) in [6.45, 7) is 3.67. The Hall–Kier alpha value is -1.75. The van der Waals surface area contributed by atoms with Crippen LogP contribution in [0, 0.1) is 6.92 Å². The first-order valence-corrected chi connectivity index (χ1v) is 7.74. The molecule has 1 amide bonds. The van der Waals surface area contributed by atoms with Crippen LogP contribution in [0.5, 0.6) is 0 Å². The Bertz CT molecular complexity index is 603. The molecule has 0 N–H and O–H groups in total. The van der Waals surface area contributed by atoms with Gasteiger partial charge in [-0.15, -0.1) is 11.3 Å². The highest BCUT2D eigenvalue weighted by molar-refractivity contribution is 7.17. The average molecular weight is 287 g/mol. The van der Waals surface area contributed by atoms with Gasteiger partial charge in [-0.2, -0.15) is 0 Å². The molecule has 1 saturated heterocycles. The van der Waals surface area contributed by atoms with Crippen LogP contribution in [0.2, 0.25) is 0 Å². The summed E-state index contributed by atoms with van der Waals surface area (Å²) in [6, 6.07) is 3.85. The van der Waals surface area contributed by atoms with Crippen LogP contribution in [-0.4, -0.2) is 33.9 Å². The Labute approximate surface area is 122 Å². The highest BCUT2D eigenvalue weighted by atomic mass is 32.1. The van der Waals surface area contributed by atoms with E-state index in [2.05, 4.69) is 9.97 Å². The molecule has 2 aromatic rings. The molecule has 0 aliphatic carbocycles. The molecule has 20 heavy (non-hydrogen) atoms. The van der Waals surface area contributed by atoms with Crippen LogP contribution in [0.25, 0.3) is 10.6 Å². The molecule has 0 unspecified atom stereocenters. The Morgan fingerprint density at radius 2 is 1.90 bits per heavy atom. The van der Waals surface area contributed by atoms with Gasteiger partial charge in [-0.25, -0.2) is 4.98 Å². The highest BCUT2D eigenvalue weighted by Crippen LogP contribution is 2.29. The fourth-order valence-electron chi connectivity index (χ4n) is 2.45. The molecule has 0 bridgehead atoms. The number of carbonyl (C=O) groups is 1. The van der Waals surface area contributed by atoms with E-state index in [1.54, 1.807) is 12.4 Å². The number of likely N-dealkylation sites (tertiary alicyclic amines) is 1. The third kappa shape index (κ3) is 2.58. The number of aryl methyl sites for hydroxylation is 1. The lowest BCUT2D eigenvalue weighted by Gasteiger charge is -2.26. The molecule has 3 heterocycles. The van der Waals surface area contributed by atoms with Crippen LogP contribution in [0.15, 0.2) is 24.5 Å². The molecule has 0 aromatic carbocycles. The first-order chi connectivity index (χ1) is 9.75. The maximum Gasteiger partial charge on any atom is 0.265 e. The standard InChI is InChI=1S/C15H17N3OS/c1-11-13(15(19)18-9-3-2-4-10-18)20-14(17-11)12-5-7-16-8-6-12/h5-8H,2-4,9-10H2,1H3. The number of hydrogen-bond donors (Lipinski definition) is 0. The van der Waals surface area contributed by atoms with Crippen molar-refractivity contribution >= 4 is 17.2 Å². The average Bonchev–Trinajstić information content (AvgIpc) is 2.90. The summed E-state index contributed by atoms with van der Waals surface area (Å²) >= 11 is 1.48. The molecule has 3 rings (SSSR count). The van der Waals surface area contributed by atoms with E-state index in [0.717, 1.165) is 47.1 Å². The van der Waals surface area contributed by atoms with Crippen molar-refractivity contribution in [2.24, 2.45) is 0 Å². The molecule has 1 aliphatic heterocycles. The van der Waals surface area contributed by atoms with E-state index >= 15 is 0 Å². The topological polar surface area (TPSA) is 46.1 Å². The van der Waals surface area contributed by atoms with Crippen molar-refractivity contribution in [2.45, 2.75) is 26.2 Å². The molecule has 1 aliphatic rings. The van der Waals surface area contributed by atoms with Crippen molar-refractivity contribution in [1.82, 2.24) is 14.9 Å². The quantitative estimate of drug-likeness (QED) is 0.852. The van der Waals surface area contributed by atoms with E-state index < -0.39 is 0 Å². The Balaban J connectivity index is 1.87. The van der Waals surface area contributed by atoms with Crippen molar-refractivity contribution in [3.63, 3.8) is 0 Å². The minimum Gasteiger partial charge on any atom is -0.338 e. The summed E-state index contributed by atoms with van der Waals surface area (Å²) in [5.74, 6) is 0.139. The van der Waals surface area contributed by atoms with Gasteiger partial charge in [-0.1, -0.05) is 0 Å². The van der Waals surface area contributed by atoms with Gasteiger partial charge in [0.2, 0.25) is 0 Å². The number of piperidine rings is 1. The largest absolute Gasteiger partial charge is 0.338 e. The van der Waals surface area contributed by atoms with Gasteiger partial charge in [0.1, 0.15) is 9.88 Å². The number of rotatable bonds is 2. The molecule has 4 nitrogen and oxygen atoms in total. The Kier molecular flexibility index (Phi) is 3.78. The minimum atomic E-state index is 0.139. The second-order valence-corrected chi connectivity index (χ2v) is 6.02. The summed E-state index contributed by atoms with van der Waals surface area (Å²) in [4.78, 5) is 23.8. The van der Waals surface area contributed by atoms with Crippen LogP contribution in [-0.2, 0) is 0 Å². The monoisotopic (exact) mass is 287 g/mol. The van der Waals surface area contributed by atoms with Crippen molar-refractivity contribution < 1.29 is 4.79 Å². The smallest absolute Gasteiger partial charge is 0.265 e.